The first-order valence-corrected chi connectivity index (χ1v) is 13.2. The Bertz CT molecular complexity index is 1100. The molecular formula is C31H39NO3. The van der Waals surface area contributed by atoms with Gasteiger partial charge >= 0.3 is 5.97 Å². The van der Waals surface area contributed by atoms with E-state index in [2.05, 4.69) is 44.0 Å². The summed E-state index contributed by atoms with van der Waals surface area (Å²) in [6, 6.07) is 18.1. The van der Waals surface area contributed by atoms with Crippen LogP contribution in [-0.4, -0.2) is 16.1 Å². The van der Waals surface area contributed by atoms with Gasteiger partial charge in [0.2, 0.25) is 0 Å². The van der Waals surface area contributed by atoms with Gasteiger partial charge in [-0.2, -0.15) is 0 Å². The molecule has 0 spiro atoms. The minimum Gasteiger partial charge on any atom is -0.487 e. The molecule has 1 aromatic heterocycles. The first kappa shape index (κ1) is 25.1. The second-order valence-electron chi connectivity index (χ2n) is 10.1. The lowest BCUT2D eigenvalue weighted by atomic mass is 9.85. The van der Waals surface area contributed by atoms with Crippen LogP contribution in [-0.2, 0) is 13.0 Å². The minimum atomic E-state index is -0.831. The van der Waals surface area contributed by atoms with Gasteiger partial charge < -0.3 is 14.8 Å². The Hall–Kier alpha value is -3.01. The Labute approximate surface area is 209 Å². The molecule has 0 radical (unpaired) electrons. The van der Waals surface area contributed by atoms with Gasteiger partial charge in [0.1, 0.15) is 12.4 Å². The van der Waals surface area contributed by atoms with Gasteiger partial charge in [-0.25, -0.2) is 4.79 Å². The fraction of sp³-hybridized carbons (Fsp3) is 0.452. The van der Waals surface area contributed by atoms with Gasteiger partial charge in [0, 0.05) is 18.0 Å². The third kappa shape index (κ3) is 6.36. The molecule has 35 heavy (non-hydrogen) atoms. The number of rotatable bonds is 13. The highest BCUT2D eigenvalue weighted by Crippen LogP contribution is 2.53. The molecule has 1 heterocycles. The van der Waals surface area contributed by atoms with Crippen molar-refractivity contribution < 1.29 is 14.6 Å². The number of H-pyrrole nitrogens is 1. The maximum absolute atomic E-state index is 11.5. The van der Waals surface area contributed by atoms with Gasteiger partial charge in [-0.15, -0.1) is 0 Å². The predicted molar refractivity (Wildman–Crippen MR) is 141 cm³/mol. The summed E-state index contributed by atoms with van der Waals surface area (Å²) in [6.45, 7) is 7.29. The highest BCUT2D eigenvalue weighted by Gasteiger charge is 2.42. The number of carboxylic acid groups (broad SMARTS) is 1. The summed E-state index contributed by atoms with van der Waals surface area (Å²) >= 11 is 0. The highest BCUT2D eigenvalue weighted by molar-refractivity contribution is 5.88. The van der Waals surface area contributed by atoms with Gasteiger partial charge in [-0.05, 0) is 78.2 Å². The van der Waals surface area contributed by atoms with Crippen LogP contribution in [0, 0.1) is 11.8 Å². The van der Waals surface area contributed by atoms with Crippen molar-refractivity contribution >= 4 is 5.97 Å². The number of aromatic nitrogens is 1. The van der Waals surface area contributed by atoms with Crippen molar-refractivity contribution in [3.63, 3.8) is 0 Å². The van der Waals surface area contributed by atoms with Crippen LogP contribution in [0.2, 0.25) is 0 Å². The number of hydrogen-bond donors (Lipinski definition) is 2. The number of aryl methyl sites for hydroxylation is 1. The van der Waals surface area contributed by atoms with Crippen molar-refractivity contribution in [2.45, 2.75) is 77.7 Å². The quantitative estimate of drug-likeness (QED) is 0.265. The zero-order chi connectivity index (χ0) is 24.8. The maximum Gasteiger partial charge on any atom is 0.335 e. The first-order valence-electron chi connectivity index (χ1n) is 13.2. The monoisotopic (exact) mass is 473 g/mol. The summed E-state index contributed by atoms with van der Waals surface area (Å²) in [5, 5.41) is 9.47. The van der Waals surface area contributed by atoms with Crippen molar-refractivity contribution in [3.8, 4) is 5.75 Å². The van der Waals surface area contributed by atoms with Gasteiger partial charge in [-0.3, -0.25) is 0 Å². The van der Waals surface area contributed by atoms with Crippen LogP contribution in [0.5, 0.6) is 5.75 Å². The lowest BCUT2D eigenvalue weighted by Crippen LogP contribution is -2.08. The average molecular weight is 474 g/mol. The predicted octanol–water partition coefficient (Wildman–Crippen LogP) is 7.96. The molecule has 4 atom stereocenters. The van der Waals surface area contributed by atoms with Crippen molar-refractivity contribution in [2.75, 3.05) is 0 Å². The van der Waals surface area contributed by atoms with E-state index in [-0.39, 0.29) is 0 Å². The molecule has 2 N–H and O–H groups in total. The van der Waals surface area contributed by atoms with Crippen LogP contribution in [0.4, 0.5) is 0 Å². The molecule has 4 heteroatoms. The third-order valence-electron chi connectivity index (χ3n) is 7.78. The number of hydrogen-bond acceptors (Lipinski definition) is 2. The van der Waals surface area contributed by atoms with E-state index >= 15 is 0 Å². The van der Waals surface area contributed by atoms with E-state index in [1.165, 1.54) is 41.6 Å². The van der Waals surface area contributed by atoms with Gasteiger partial charge in [0.05, 0.1) is 5.56 Å². The van der Waals surface area contributed by atoms with Crippen LogP contribution in [0.3, 0.4) is 0 Å². The fourth-order valence-electron chi connectivity index (χ4n) is 5.59. The average Bonchev–Trinajstić information content (AvgIpc) is 3.46. The molecule has 4 nitrogen and oxygen atoms in total. The maximum atomic E-state index is 11.5. The molecule has 0 amide bonds. The van der Waals surface area contributed by atoms with Gasteiger partial charge in [-0.1, -0.05) is 70.0 Å². The molecule has 0 bridgehead atoms. The SMILES string of the molecule is CCc1ccc(C(=O)O)cc1C(CC)C1CC1CCCC(C)c1cc(OCc2ccccc2)c[nH]1. The van der Waals surface area contributed by atoms with E-state index in [1.54, 1.807) is 6.07 Å². The third-order valence-corrected chi connectivity index (χ3v) is 7.78. The van der Waals surface area contributed by atoms with E-state index in [0.717, 1.165) is 30.9 Å². The Morgan fingerprint density at radius 3 is 2.66 bits per heavy atom. The number of aromatic amines is 1. The molecule has 4 rings (SSSR count). The fourth-order valence-corrected chi connectivity index (χ4v) is 5.59. The van der Waals surface area contributed by atoms with Crippen molar-refractivity contribution in [1.82, 2.24) is 4.98 Å². The van der Waals surface area contributed by atoms with Crippen LogP contribution in [0.25, 0.3) is 0 Å². The zero-order valence-electron chi connectivity index (χ0n) is 21.3. The smallest absolute Gasteiger partial charge is 0.335 e. The largest absolute Gasteiger partial charge is 0.487 e. The summed E-state index contributed by atoms with van der Waals surface area (Å²) in [5.74, 6) is 2.47. The number of carbonyl (C=O) groups is 1. The van der Waals surface area contributed by atoms with Gasteiger partial charge in [0.15, 0.2) is 0 Å². The van der Waals surface area contributed by atoms with E-state index in [4.69, 9.17) is 4.74 Å². The van der Waals surface area contributed by atoms with Gasteiger partial charge in [0.25, 0.3) is 0 Å². The second kappa shape index (κ2) is 11.6. The van der Waals surface area contributed by atoms with E-state index < -0.39 is 5.97 Å². The number of aromatic carboxylic acids is 1. The van der Waals surface area contributed by atoms with Crippen LogP contribution in [0.15, 0.2) is 60.8 Å². The molecule has 186 valence electrons. The molecule has 1 fully saturated rings. The molecule has 2 aromatic carbocycles. The minimum absolute atomic E-state index is 0.416. The molecule has 1 aliphatic carbocycles. The molecular weight excluding hydrogens is 434 g/mol. The first-order chi connectivity index (χ1) is 17.0. The lowest BCUT2D eigenvalue weighted by Gasteiger charge is -2.20. The second-order valence-corrected chi connectivity index (χ2v) is 10.1. The van der Waals surface area contributed by atoms with Crippen molar-refractivity contribution in [2.24, 2.45) is 11.8 Å². The number of benzene rings is 2. The molecule has 3 aromatic rings. The Balaban J connectivity index is 1.26. The number of carboxylic acids is 1. The molecule has 0 saturated heterocycles. The topological polar surface area (TPSA) is 62.3 Å². The van der Waals surface area contributed by atoms with Crippen LogP contribution in [0.1, 0.15) is 97.5 Å². The summed E-state index contributed by atoms with van der Waals surface area (Å²) in [4.78, 5) is 14.9. The number of ether oxygens (including phenoxy) is 1. The molecule has 1 aliphatic rings. The normalized spacial score (nSPS) is 18.7. The number of nitrogens with one attached hydrogen (secondary N) is 1. The lowest BCUT2D eigenvalue weighted by molar-refractivity contribution is 0.0696. The highest BCUT2D eigenvalue weighted by atomic mass is 16.5. The molecule has 1 saturated carbocycles. The van der Waals surface area contributed by atoms with E-state index in [1.807, 2.05) is 36.5 Å². The zero-order valence-corrected chi connectivity index (χ0v) is 21.3. The summed E-state index contributed by atoms with van der Waals surface area (Å²) in [5.41, 5.74) is 5.40. The van der Waals surface area contributed by atoms with Crippen molar-refractivity contribution in [3.05, 3.63) is 88.7 Å². The van der Waals surface area contributed by atoms with E-state index in [0.29, 0.717) is 29.9 Å². The van der Waals surface area contributed by atoms with Crippen molar-refractivity contribution in [1.29, 1.82) is 0 Å². The molecule has 0 aliphatic heterocycles. The Morgan fingerprint density at radius 1 is 1.14 bits per heavy atom. The Kier molecular flexibility index (Phi) is 8.33. The van der Waals surface area contributed by atoms with E-state index in [9.17, 15) is 9.90 Å². The summed E-state index contributed by atoms with van der Waals surface area (Å²) in [6.07, 6.45) is 8.89. The summed E-state index contributed by atoms with van der Waals surface area (Å²) in [7, 11) is 0. The van der Waals surface area contributed by atoms with Crippen LogP contribution >= 0.6 is 0 Å². The summed E-state index contributed by atoms with van der Waals surface area (Å²) < 4.78 is 5.94. The Morgan fingerprint density at radius 2 is 1.94 bits per heavy atom. The van der Waals surface area contributed by atoms with Crippen LogP contribution < -0.4 is 4.74 Å². The standard InChI is InChI=1S/C31H39NO3/c1-4-23-14-15-25(31(33)34)17-28(23)27(5-2)29-16-24(29)13-9-10-21(3)30-18-26(19-32-30)35-20-22-11-7-6-8-12-22/h6-8,11-12,14-15,17-19,21,24,27,29,32H,4-5,9-10,13,16,20H2,1-3H3,(H,33,34). The molecule has 4 unspecified atom stereocenters.